The van der Waals surface area contributed by atoms with Crippen LogP contribution in [0.5, 0.6) is 0 Å². The summed E-state index contributed by atoms with van der Waals surface area (Å²) in [6.07, 6.45) is 17.5. The highest BCUT2D eigenvalue weighted by atomic mass is 16.5. The first kappa shape index (κ1) is 26.7. The van der Waals surface area contributed by atoms with Gasteiger partial charge in [0.1, 0.15) is 5.60 Å². The SMILES string of the molecule is CC(C)(CO)CCCCC1=CC=C(/C=C\C2=CC=C(CCCCC(C)(C)OC=O)C2=O)C1=O. The number of aliphatic hydroxyl groups is 1. The molecule has 0 aromatic rings. The van der Waals surface area contributed by atoms with Crippen molar-refractivity contribution in [2.75, 3.05) is 6.61 Å². The molecular weight excluding hydrogens is 416 g/mol. The van der Waals surface area contributed by atoms with Gasteiger partial charge in [0.2, 0.25) is 0 Å². The highest BCUT2D eigenvalue weighted by Crippen LogP contribution is 2.27. The van der Waals surface area contributed by atoms with E-state index in [1.54, 1.807) is 12.2 Å². The zero-order valence-electron chi connectivity index (χ0n) is 20.5. The molecular formula is C28H38O5. The van der Waals surface area contributed by atoms with Gasteiger partial charge in [-0.25, -0.2) is 0 Å². The van der Waals surface area contributed by atoms with Crippen LogP contribution < -0.4 is 0 Å². The second-order valence-electron chi connectivity index (χ2n) is 10.3. The third-order valence-electron chi connectivity index (χ3n) is 6.30. The van der Waals surface area contributed by atoms with Crippen LogP contribution in [0.2, 0.25) is 0 Å². The second kappa shape index (κ2) is 12.1. The van der Waals surface area contributed by atoms with Crippen LogP contribution in [-0.4, -0.2) is 35.4 Å². The molecule has 0 bridgehead atoms. The van der Waals surface area contributed by atoms with Gasteiger partial charge < -0.3 is 9.84 Å². The van der Waals surface area contributed by atoms with E-state index in [0.29, 0.717) is 24.0 Å². The minimum absolute atomic E-state index is 0.0142. The Labute approximate surface area is 198 Å². The third kappa shape index (κ3) is 8.39. The lowest BCUT2D eigenvalue weighted by molar-refractivity contribution is -0.140. The van der Waals surface area contributed by atoms with Crippen molar-refractivity contribution in [2.24, 2.45) is 5.41 Å². The summed E-state index contributed by atoms with van der Waals surface area (Å²) in [5.41, 5.74) is 2.24. The number of unbranched alkanes of at least 4 members (excludes halogenated alkanes) is 2. The van der Waals surface area contributed by atoms with Gasteiger partial charge in [-0.3, -0.25) is 14.4 Å². The van der Waals surface area contributed by atoms with Crippen LogP contribution in [-0.2, 0) is 19.1 Å². The van der Waals surface area contributed by atoms with Crippen molar-refractivity contribution in [2.45, 2.75) is 84.7 Å². The minimum Gasteiger partial charge on any atom is -0.462 e. The van der Waals surface area contributed by atoms with Crippen molar-refractivity contribution in [1.82, 2.24) is 0 Å². The summed E-state index contributed by atoms with van der Waals surface area (Å²) in [4.78, 5) is 35.8. The summed E-state index contributed by atoms with van der Waals surface area (Å²) < 4.78 is 5.05. The Morgan fingerprint density at radius 2 is 1.27 bits per heavy atom. The lowest BCUT2D eigenvalue weighted by Crippen LogP contribution is -2.23. The van der Waals surface area contributed by atoms with Crippen molar-refractivity contribution in [3.8, 4) is 0 Å². The summed E-state index contributed by atoms with van der Waals surface area (Å²) >= 11 is 0. The molecule has 2 aliphatic rings. The van der Waals surface area contributed by atoms with Crippen LogP contribution in [0.25, 0.3) is 0 Å². The van der Waals surface area contributed by atoms with Crippen molar-refractivity contribution < 1.29 is 24.2 Å². The summed E-state index contributed by atoms with van der Waals surface area (Å²) in [5.74, 6) is 0.0485. The molecule has 33 heavy (non-hydrogen) atoms. The van der Waals surface area contributed by atoms with Crippen molar-refractivity contribution in [3.05, 3.63) is 58.7 Å². The summed E-state index contributed by atoms with van der Waals surface area (Å²) in [6.45, 7) is 8.50. The van der Waals surface area contributed by atoms with Crippen LogP contribution >= 0.6 is 0 Å². The lowest BCUT2D eigenvalue weighted by Gasteiger charge is -2.22. The first-order valence-electron chi connectivity index (χ1n) is 11.9. The molecule has 0 amide bonds. The van der Waals surface area contributed by atoms with Crippen LogP contribution in [0, 0.1) is 5.41 Å². The van der Waals surface area contributed by atoms with Gasteiger partial charge in [0.15, 0.2) is 11.6 Å². The van der Waals surface area contributed by atoms with E-state index >= 15 is 0 Å². The predicted molar refractivity (Wildman–Crippen MR) is 131 cm³/mol. The first-order chi connectivity index (χ1) is 15.6. The quantitative estimate of drug-likeness (QED) is 0.261. The molecule has 0 radical (unpaired) electrons. The third-order valence-corrected chi connectivity index (χ3v) is 6.30. The number of ether oxygens (including phenoxy) is 1. The zero-order chi connectivity index (χ0) is 24.5. The number of hydrogen-bond acceptors (Lipinski definition) is 5. The number of ketones is 2. The Morgan fingerprint density at radius 3 is 1.73 bits per heavy atom. The van der Waals surface area contributed by atoms with Crippen LogP contribution in [0.1, 0.15) is 79.1 Å². The minimum atomic E-state index is -0.480. The maximum atomic E-state index is 12.6. The lowest BCUT2D eigenvalue weighted by atomic mass is 9.87. The molecule has 0 saturated heterocycles. The molecule has 0 aromatic heterocycles. The van der Waals surface area contributed by atoms with Gasteiger partial charge in [-0.1, -0.05) is 56.7 Å². The Hall–Kier alpha value is -2.53. The normalized spacial score (nSPS) is 16.8. The maximum absolute atomic E-state index is 12.6. The molecule has 1 N–H and O–H groups in total. The average molecular weight is 455 g/mol. The van der Waals surface area contributed by atoms with E-state index in [-0.39, 0.29) is 23.6 Å². The molecule has 2 aliphatic carbocycles. The summed E-state index contributed by atoms with van der Waals surface area (Å²) in [6, 6.07) is 0. The van der Waals surface area contributed by atoms with Crippen molar-refractivity contribution >= 4 is 18.0 Å². The summed E-state index contributed by atoms with van der Waals surface area (Å²) in [5, 5.41) is 9.34. The molecule has 0 aliphatic heterocycles. The standard InChI is InChI=1S/C28H38O5/c1-27(2,19-29)17-7-5-9-21-11-13-23(25(21)31)15-16-24-14-12-22(26(24)32)10-6-8-18-28(3,4)33-20-30/h11-16,20,29H,5-10,17-19H2,1-4H3/b16-15-. The molecule has 0 unspecified atom stereocenters. The molecule has 180 valence electrons. The average Bonchev–Trinajstić information content (AvgIpc) is 3.29. The Bertz CT molecular complexity index is 893. The molecule has 0 spiro atoms. The van der Waals surface area contributed by atoms with Gasteiger partial charge in [0.05, 0.1) is 0 Å². The smallest absolute Gasteiger partial charge is 0.293 e. The maximum Gasteiger partial charge on any atom is 0.293 e. The van der Waals surface area contributed by atoms with Crippen LogP contribution in [0.3, 0.4) is 0 Å². The summed E-state index contributed by atoms with van der Waals surface area (Å²) in [7, 11) is 0. The van der Waals surface area contributed by atoms with E-state index in [1.165, 1.54) is 0 Å². The second-order valence-corrected chi connectivity index (χ2v) is 10.3. The molecule has 0 heterocycles. The number of rotatable bonds is 15. The van der Waals surface area contributed by atoms with Gasteiger partial charge in [-0.15, -0.1) is 0 Å². The largest absolute Gasteiger partial charge is 0.462 e. The molecule has 0 aromatic carbocycles. The number of hydrogen-bond donors (Lipinski definition) is 1. The molecule has 2 rings (SSSR count). The number of allylic oxidation sites excluding steroid dienone is 10. The van der Waals surface area contributed by atoms with Gasteiger partial charge in [0, 0.05) is 28.9 Å². The number of aliphatic hydroxyl groups excluding tert-OH is 1. The Morgan fingerprint density at radius 1 is 0.788 bits per heavy atom. The monoisotopic (exact) mass is 454 g/mol. The van der Waals surface area contributed by atoms with E-state index in [1.807, 2.05) is 52.0 Å². The fraction of sp³-hybridized carbons (Fsp3) is 0.536. The molecule has 5 heteroatoms. The fourth-order valence-electron chi connectivity index (χ4n) is 3.94. The van der Waals surface area contributed by atoms with Crippen molar-refractivity contribution in [1.29, 1.82) is 0 Å². The highest BCUT2D eigenvalue weighted by Gasteiger charge is 2.22. The highest BCUT2D eigenvalue weighted by molar-refractivity contribution is 6.15. The Balaban J connectivity index is 1.73. The molecule has 0 atom stereocenters. The molecule has 0 fully saturated rings. The zero-order valence-corrected chi connectivity index (χ0v) is 20.5. The number of carbonyl (C=O) groups is 3. The van der Waals surface area contributed by atoms with Crippen molar-refractivity contribution in [3.63, 3.8) is 0 Å². The van der Waals surface area contributed by atoms with E-state index in [0.717, 1.165) is 56.1 Å². The first-order valence-corrected chi connectivity index (χ1v) is 11.9. The van der Waals surface area contributed by atoms with Gasteiger partial charge in [0.25, 0.3) is 6.47 Å². The van der Waals surface area contributed by atoms with Gasteiger partial charge in [-0.05, 0) is 64.2 Å². The van der Waals surface area contributed by atoms with E-state index < -0.39 is 5.60 Å². The fourth-order valence-corrected chi connectivity index (χ4v) is 3.94. The van der Waals surface area contributed by atoms with Gasteiger partial charge >= 0.3 is 0 Å². The Kier molecular flexibility index (Phi) is 9.78. The number of carbonyl (C=O) groups excluding carboxylic acids is 3. The molecule has 0 saturated carbocycles. The van der Waals surface area contributed by atoms with Crippen LogP contribution in [0.15, 0.2) is 58.7 Å². The predicted octanol–water partition coefficient (Wildman–Crippen LogP) is 5.50. The van der Waals surface area contributed by atoms with E-state index in [4.69, 9.17) is 4.74 Å². The van der Waals surface area contributed by atoms with E-state index in [2.05, 4.69) is 0 Å². The topological polar surface area (TPSA) is 80.7 Å². The van der Waals surface area contributed by atoms with Crippen LogP contribution in [0.4, 0.5) is 0 Å². The number of Topliss-reactive ketones (excluding diaryl/α,β-unsaturated/α-hetero) is 2. The molecule has 5 nitrogen and oxygen atoms in total. The van der Waals surface area contributed by atoms with E-state index in [9.17, 15) is 19.5 Å². The van der Waals surface area contributed by atoms with Gasteiger partial charge in [-0.2, -0.15) is 0 Å².